The van der Waals surface area contributed by atoms with Crippen molar-refractivity contribution in [3.8, 4) is 11.5 Å². The van der Waals surface area contributed by atoms with Gasteiger partial charge in [-0.25, -0.2) is 0 Å². The Kier molecular flexibility index (Phi) is 4.63. The predicted octanol–water partition coefficient (Wildman–Crippen LogP) is 2.25. The quantitative estimate of drug-likeness (QED) is 0.469. The van der Waals surface area contributed by atoms with Crippen LogP contribution in [0.25, 0.3) is 0 Å². The fourth-order valence-electron chi connectivity index (χ4n) is 1.67. The number of rotatable bonds is 5. The highest BCUT2D eigenvalue weighted by Gasteiger charge is 2.15. The van der Waals surface area contributed by atoms with E-state index in [1.165, 1.54) is 6.21 Å². The normalized spacial score (nSPS) is 10.6. The van der Waals surface area contributed by atoms with Gasteiger partial charge in [0.1, 0.15) is 17.2 Å². The fraction of sp³-hybridized carbons (Fsp3) is 0.417. The predicted molar refractivity (Wildman–Crippen MR) is 67.8 cm³/mol. The van der Waals surface area contributed by atoms with E-state index in [-0.39, 0.29) is 0 Å². The number of nitrogens with one attached hydrogen (secondary N) is 1. The van der Waals surface area contributed by atoms with Crippen molar-refractivity contribution in [1.82, 2.24) is 0 Å². The van der Waals surface area contributed by atoms with E-state index < -0.39 is 0 Å². The average molecular weight is 238 g/mol. The van der Waals surface area contributed by atoms with Crippen LogP contribution in [0.1, 0.15) is 18.1 Å². The number of oxime groups is 1. The molecule has 0 heterocycles. The minimum atomic E-state index is 0.554. The van der Waals surface area contributed by atoms with E-state index in [0.717, 1.165) is 16.8 Å². The molecule has 0 amide bonds. The van der Waals surface area contributed by atoms with Crippen LogP contribution >= 0.6 is 0 Å². The standard InChI is InChI=1S/C12H18N2O3/c1-5-17-12-8(2)9(7-14-15)6-10(16-4)11(12)13-3/h6-7,13,15H,5H2,1-4H3. The van der Waals surface area contributed by atoms with Crippen LogP contribution in [0, 0.1) is 6.92 Å². The fourth-order valence-corrected chi connectivity index (χ4v) is 1.67. The maximum absolute atomic E-state index is 8.63. The zero-order chi connectivity index (χ0) is 12.8. The Balaban J connectivity index is 3.44. The van der Waals surface area contributed by atoms with Crippen molar-refractivity contribution in [2.24, 2.45) is 5.16 Å². The molecule has 0 bridgehead atoms. The summed E-state index contributed by atoms with van der Waals surface area (Å²) in [5.74, 6) is 1.36. The monoisotopic (exact) mass is 238 g/mol. The van der Waals surface area contributed by atoms with Crippen molar-refractivity contribution in [3.63, 3.8) is 0 Å². The summed E-state index contributed by atoms with van der Waals surface area (Å²) in [7, 11) is 3.39. The van der Waals surface area contributed by atoms with Gasteiger partial charge < -0.3 is 20.0 Å². The van der Waals surface area contributed by atoms with Gasteiger partial charge in [-0.15, -0.1) is 0 Å². The van der Waals surface area contributed by atoms with Gasteiger partial charge >= 0.3 is 0 Å². The van der Waals surface area contributed by atoms with Crippen LogP contribution < -0.4 is 14.8 Å². The SMILES string of the molecule is CCOc1c(C)c(C=NO)cc(OC)c1NC. The molecule has 0 fully saturated rings. The molecule has 1 rings (SSSR count). The first-order valence-corrected chi connectivity index (χ1v) is 5.39. The second kappa shape index (κ2) is 5.98. The van der Waals surface area contributed by atoms with Crippen LogP contribution in [0.3, 0.4) is 0 Å². The summed E-state index contributed by atoms with van der Waals surface area (Å²) in [5, 5.41) is 14.7. The van der Waals surface area contributed by atoms with Gasteiger partial charge in [0.05, 0.1) is 19.9 Å². The topological polar surface area (TPSA) is 63.1 Å². The Morgan fingerprint density at radius 2 is 2.24 bits per heavy atom. The lowest BCUT2D eigenvalue weighted by atomic mass is 10.1. The number of anilines is 1. The van der Waals surface area contributed by atoms with E-state index in [4.69, 9.17) is 14.7 Å². The molecule has 0 aliphatic carbocycles. The molecule has 0 aromatic heterocycles. The lowest BCUT2D eigenvalue weighted by Gasteiger charge is -2.17. The molecule has 0 aliphatic rings. The summed E-state index contributed by atoms with van der Waals surface area (Å²) in [6.45, 7) is 4.37. The van der Waals surface area contributed by atoms with Crippen molar-refractivity contribution in [2.75, 3.05) is 26.1 Å². The van der Waals surface area contributed by atoms with E-state index >= 15 is 0 Å². The van der Waals surface area contributed by atoms with Gasteiger partial charge in [-0.1, -0.05) is 5.16 Å². The molecule has 94 valence electrons. The molecule has 5 heteroatoms. The highest BCUT2D eigenvalue weighted by Crippen LogP contribution is 2.39. The molecule has 0 atom stereocenters. The number of hydrogen-bond donors (Lipinski definition) is 2. The Hall–Kier alpha value is -1.91. The summed E-state index contributed by atoms with van der Waals surface area (Å²) in [6, 6.07) is 1.80. The Morgan fingerprint density at radius 1 is 1.53 bits per heavy atom. The smallest absolute Gasteiger partial charge is 0.149 e. The third kappa shape index (κ3) is 2.61. The van der Waals surface area contributed by atoms with E-state index in [0.29, 0.717) is 18.1 Å². The maximum Gasteiger partial charge on any atom is 0.149 e. The third-order valence-electron chi connectivity index (χ3n) is 2.49. The Bertz CT molecular complexity index is 417. The Morgan fingerprint density at radius 3 is 2.71 bits per heavy atom. The average Bonchev–Trinajstić information content (AvgIpc) is 2.34. The number of hydrogen-bond acceptors (Lipinski definition) is 5. The molecule has 17 heavy (non-hydrogen) atoms. The first-order chi connectivity index (χ1) is 8.19. The van der Waals surface area contributed by atoms with Gasteiger partial charge in [-0.3, -0.25) is 0 Å². The van der Waals surface area contributed by atoms with Crippen LogP contribution in [0.4, 0.5) is 5.69 Å². The zero-order valence-corrected chi connectivity index (χ0v) is 10.6. The van der Waals surface area contributed by atoms with Crippen molar-refractivity contribution in [3.05, 3.63) is 17.2 Å². The Labute approximate surface area is 101 Å². The molecular formula is C12H18N2O3. The van der Waals surface area contributed by atoms with E-state index in [1.807, 2.05) is 13.8 Å². The van der Waals surface area contributed by atoms with Crippen LogP contribution in [0.2, 0.25) is 0 Å². The second-order valence-corrected chi connectivity index (χ2v) is 3.42. The minimum absolute atomic E-state index is 0.554. The van der Waals surface area contributed by atoms with Gasteiger partial charge in [-0.05, 0) is 19.9 Å². The van der Waals surface area contributed by atoms with Gasteiger partial charge in [0.15, 0.2) is 0 Å². The largest absolute Gasteiger partial charge is 0.494 e. The molecule has 5 nitrogen and oxygen atoms in total. The number of benzene rings is 1. The summed E-state index contributed by atoms with van der Waals surface area (Å²) in [5.41, 5.74) is 2.45. The van der Waals surface area contributed by atoms with Crippen molar-refractivity contribution in [1.29, 1.82) is 0 Å². The van der Waals surface area contributed by atoms with Gasteiger partial charge in [0.2, 0.25) is 0 Å². The van der Waals surface area contributed by atoms with Crippen molar-refractivity contribution in [2.45, 2.75) is 13.8 Å². The van der Waals surface area contributed by atoms with Crippen LogP contribution in [0.5, 0.6) is 11.5 Å². The minimum Gasteiger partial charge on any atom is -0.494 e. The summed E-state index contributed by atoms with van der Waals surface area (Å²) >= 11 is 0. The third-order valence-corrected chi connectivity index (χ3v) is 2.49. The molecule has 0 saturated heterocycles. The molecule has 2 N–H and O–H groups in total. The zero-order valence-electron chi connectivity index (χ0n) is 10.6. The van der Waals surface area contributed by atoms with Gasteiger partial charge in [-0.2, -0.15) is 0 Å². The lowest BCUT2D eigenvalue weighted by molar-refractivity contribution is 0.321. The number of nitrogens with zero attached hydrogens (tertiary/aromatic N) is 1. The molecule has 0 saturated carbocycles. The first kappa shape index (κ1) is 13.2. The lowest BCUT2D eigenvalue weighted by Crippen LogP contribution is -2.04. The summed E-state index contributed by atoms with van der Waals surface area (Å²) in [6.07, 6.45) is 1.36. The van der Waals surface area contributed by atoms with Gasteiger partial charge in [0.25, 0.3) is 0 Å². The molecular weight excluding hydrogens is 220 g/mol. The van der Waals surface area contributed by atoms with E-state index in [1.54, 1.807) is 20.2 Å². The molecule has 0 aliphatic heterocycles. The first-order valence-electron chi connectivity index (χ1n) is 5.39. The number of methoxy groups -OCH3 is 1. The van der Waals surface area contributed by atoms with Crippen LogP contribution in [0.15, 0.2) is 11.2 Å². The highest BCUT2D eigenvalue weighted by molar-refractivity contribution is 5.87. The molecule has 0 spiro atoms. The van der Waals surface area contributed by atoms with Crippen LogP contribution in [-0.2, 0) is 0 Å². The van der Waals surface area contributed by atoms with Crippen LogP contribution in [-0.4, -0.2) is 32.2 Å². The summed E-state index contributed by atoms with van der Waals surface area (Å²) in [4.78, 5) is 0. The number of ether oxygens (including phenoxy) is 2. The van der Waals surface area contributed by atoms with E-state index in [9.17, 15) is 0 Å². The molecule has 0 unspecified atom stereocenters. The maximum atomic E-state index is 8.63. The highest BCUT2D eigenvalue weighted by atomic mass is 16.5. The molecule has 1 aromatic carbocycles. The van der Waals surface area contributed by atoms with Gasteiger partial charge in [0, 0.05) is 18.2 Å². The van der Waals surface area contributed by atoms with Crippen molar-refractivity contribution >= 4 is 11.9 Å². The summed E-state index contributed by atoms with van der Waals surface area (Å²) < 4.78 is 10.9. The van der Waals surface area contributed by atoms with Crippen molar-refractivity contribution < 1.29 is 14.7 Å². The second-order valence-electron chi connectivity index (χ2n) is 3.42. The van der Waals surface area contributed by atoms with E-state index in [2.05, 4.69) is 10.5 Å². The molecule has 0 radical (unpaired) electrons. The molecule has 1 aromatic rings.